The maximum absolute atomic E-state index is 5.40. The Labute approximate surface area is 75.8 Å². The van der Waals surface area contributed by atoms with E-state index in [1.807, 2.05) is 6.92 Å². The van der Waals surface area contributed by atoms with Crippen LogP contribution in [0.25, 0.3) is 0 Å². The standard InChI is InChI=1S/C8H12N2O3/c1-8(12-2-3-13-8)6-5-11-7(4-9)10-6/h5H,2-4,9H2,1H3. The van der Waals surface area contributed by atoms with E-state index in [2.05, 4.69) is 4.98 Å². The number of nitrogens with two attached hydrogens (primary N) is 1. The maximum atomic E-state index is 5.40. The molecule has 0 aliphatic carbocycles. The molecule has 2 N–H and O–H groups in total. The fraction of sp³-hybridized carbons (Fsp3) is 0.625. The van der Waals surface area contributed by atoms with E-state index < -0.39 is 5.79 Å². The highest BCUT2D eigenvalue weighted by Gasteiger charge is 2.36. The van der Waals surface area contributed by atoms with Crippen molar-refractivity contribution in [1.29, 1.82) is 0 Å². The van der Waals surface area contributed by atoms with E-state index in [9.17, 15) is 0 Å². The molecule has 0 saturated carbocycles. The molecule has 5 heteroatoms. The van der Waals surface area contributed by atoms with Gasteiger partial charge in [0.1, 0.15) is 12.0 Å². The summed E-state index contributed by atoms with van der Waals surface area (Å²) in [6.45, 7) is 3.27. The molecule has 72 valence electrons. The van der Waals surface area contributed by atoms with Crippen LogP contribution in [0, 0.1) is 0 Å². The monoisotopic (exact) mass is 184 g/mol. The smallest absolute Gasteiger partial charge is 0.212 e. The number of aromatic nitrogens is 1. The third-order valence-electron chi connectivity index (χ3n) is 2.03. The highest BCUT2D eigenvalue weighted by Crippen LogP contribution is 2.29. The number of ether oxygens (including phenoxy) is 2. The molecule has 1 aromatic rings. The van der Waals surface area contributed by atoms with E-state index in [0.29, 0.717) is 24.8 Å². The van der Waals surface area contributed by atoms with Crippen molar-refractivity contribution in [2.45, 2.75) is 19.3 Å². The van der Waals surface area contributed by atoms with Crippen LogP contribution in [0.3, 0.4) is 0 Å². The third-order valence-corrected chi connectivity index (χ3v) is 2.03. The normalized spacial score (nSPS) is 20.8. The number of hydrogen-bond donors (Lipinski definition) is 1. The van der Waals surface area contributed by atoms with Crippen molar-refractivity contribution in [3.8, 4) is 0 Å². The first kappa shape index (κ1) is 8.68. The van der Waals surface area contributed by atoms with Crippen LogP contribution in [0.1, 0.15) is 18.5 Å². The van der Waals surface area contributed by atoms with Gasteiger partial charge in [-0.25, -0.2) is 4.98 Å². The Morgan fingerprint density at radius 2 is 2.23 bits per heavy atom. The first-order chi connectivity index (χ1) is 6.24. The second kappa shape index (κ2) is 3.10. The molecule has 1 aliphatic rings. The Balaban J connectivity index is 2.23. The summed E-state index contributed by atoms with van der Waals surface area (Å²) in [4.78, 5) is 4.14. The lowest BCUT2D eigenvalue weighted by Crippen LogP contribution is -2.22. The van der Waals surface area contributed by atoms with Crippen LogP contribution in [0.4, 0.5) is 0 Å². The van der Waals surface area contributed by atoms with Crippen LogP contribution in [-0.2, 0) is 21.8 Å². The van der Waals surface area contributed by atoms with Gasteiger partial charge in [-0.3, -0.25) is 0 Å². The largest absolute Gasteiger partial charge is 0.447 e. The number of oxazole rings is 1. The number of rotatable bonds is 2. The Kier molecular flexibility index (Phi) is 2.07. The van der Waals surface area contributed by atoms with Gasteiger partial charge in [0.25, 0.3) is 0 Å². The van der Waals surface area contributed by atoms with E-state index in [1.54, 1.807) is 0 Å². The summed E-state index contributed by atoms with van der Waals surface area (Å²) in [7, 11) is 0. The molecule has 0 spiro atoms. The molecule has 2 heterocycles. The van der Waals surface area contributed by atoms with Crippen molar-refractivity contribution < 1.29 is 13.9 Å². The van der Waals surface area contributed by atoms with Gasteiger partial charge in [-0.05, 0) is 6.92 Å². The minimum absolute atomic E-state index is 0.288. The molecule has 1 aromatic heterocycles. The quantitative estimate of drug-likeness (QED) is 0.718. The van der Waals surface area contributed by atoms with E-state index in [0.717, 1.165) is 0 Å². The van der Waals surface area contributed by atoms with Crippen molar-refractivity contribution >= 4 is 0 Å². The summed E-state index contributed by atoms with van der Waals surface area (Å²) in [5.41, 5.74) is 6.01. The SMILES string of the molecule is CC1(c2coc(CN)n2)OCCO1. The minimum Gasteiger partial charge on any atom is -0.447 e. The number of nitrogens with zero attached hydrogens (tertiary/aromatic N) is 1. The highest BCUT2D eigenvalue weighted by molar-refractivity contribution is 5.04. The predicted octanol–water partition coefficient (Wildman–Crippen LogP) is 0.353. The molecule has 2 rings (SSSR count). The Morgan fingerprint density at radius 1 is 1.54 bits per heavy atom. The fourth-order valence-electron chi connectivity index (χ4n) is 1.28. The van der Waals surface area contributed by atoms with Crippen LogP contribution >= 0.6 is 0 Å². The summed E-state index contributed by atoms with van der Waals surface area (Å²) in [6.07, 6.45) is 1.52. The maximum Gasteiger partial charge on any atom is 0.212 e. The summed E-state index contributed by atoms with van der Waals surface area (Å²) in [5, 5.41) is 0. The van der Waals surface area contributed by atoms with Crippen molar-refractivity contribution in [2.24, 2.45) is 5.73 Å². The van der Waals surface area contributed by atoms with Crippen molar-refractivity contribution in [3.63, 3.8) is 0 Å². The molecule has 0 unspecified atom stereocenters. The third kappa shape index (κ3) is 1.46. The minimum atomic E-state index is -0.753. The average molecular weight is 184 g/mol. The van der Waals surface area contributed by atoms with Crippen molar-refractivity contribution in [3.05, 3.63) is 17.8 Å². The van der Waals surface area contributed by atoms with Gasteiger partial charge in [0.15, 0.2) is 0 Å². The van der Waals surface area contributed by atoms with Gasteiger partial charge in [-0.1, -0.05) is 0 Å². The first-order valence-electron chi connectivity index (χ1n) is 4.17. The molecule has 13 heavy (non-hydrogen) atoms. The van der Waals surface area contributed by atoms with Gasteiger partial charge >= 0.3 is 0 Å². The van der Waals surface area contributed by atoms with Gasteiger partial charge in [0.2, 0.25) is 11.7 Å². The molecule has 1 aliphatic heterocycles. The van der Waals surface area contributed by atoms with Crippen LogP contribution in [0.5, 0.6) is 0 Å². The first-order valence-corrected chi connectivity index (χ1v) is 4.17. The molecule has 0 bridgehead atoms. The van der Waals surface area contributed by atoms with Gasteiger partial charge in [-0.2, -0.15) is 0 Å². The predicted molar refractivity (Wildman–Crippen MR) is 43.7 cm³/mol. The van der Waals surface area contributed by atoms with Gasteiger partial charge < -0.3 is 19.6 Å². The fourth-order valence-corrected chi connectivity index (χ4v) is 1.28. The van der Waals surface area contributed by atoms with Crippen LogP contribution < -0.4 is 5.73 Å². The van der Waals surface area contributed by atoms with Crippen LogP contribution in [0.2, 0.25) is 0 Å². The van der Waals surface area contributed by atoms with Crippen LogP contribution in [0.15, 0.2) is 10.7 Å². The Hall–Kier alpha value is -0.910. The Bertz CT molecular complexity index is 291. The van der Waals surface area contributed by atoms with Crippen LogP contribution in [-0.4, -0.2) is 18.2 Å². The summed E-state index contributed by atoms with van der Waals surface area (Å²) in [5.74, 6) is -0.257. The number of hydrogen-bond acceptors (Lipinski definition) is 5. The lowest BCUT2D eigenvalue weighted by molar-refractivity contribution is -0.152. The zero-order chi connectivity index (χ0) is 9.31. The lowest BCUT2D eigenvalue weighted by Gasteiger charge is -2.18. The molecular weight excluding hydrogens is 172 g/mol. The molecule has 1 fully saturated rings. The average Bonchev–Trinajstić information content (AvgIpc) is 2.72. The van der Waals surface area contributed by atoms with Crippen molar-refractivity contribution in [1.82, 2.24) is 4.98 Å². The van der Waals surface area contributed by atoms with Crippen molar-refractivity contribution in [2.75, 3.05) is 13.2 Å². The second-order valence-electron chi connectivity index (χ2n) is 2.97. The topological polar surface area (TPSA) is 70.5 Å². The van der Waals surface area contributed by atoms with E-state index >= 15 is 0 Å². The van der Waals surface area contributed by atoms with E-state index in [4.69, 9.17) is 19.6 Å². The zero-order valence-electron chi connectivity index (χ0n) is 7.45. The van der Waals surface area contributed by atoms with Gasteiger partial charge in [0, 0.05) is 0 Å². The summed E-state index contributed by atoms with van der Waals surface area (Å²) in [6, 6.07) is 0. The Morgan fingerprint density at radius 3 is 2.77 bits per heavy atom. The molecule has 0 amide bonds. The lowest BCUT2D eigenvalue weighted by atomic mass is 10.2. The summed E-state index contributed by atoms with van der Waals surface area (Å²) >= 11 is 0. The molecular formula is C8H12N2O3. The molecule has 1 saturated heterocycles. The molecule has 0 atom stereocenters. The molecule has 5 nitrogen and oxygen atoms in total. The molecule has 0 radical (unpaired) electrons. The highest BCUT2D eigenvalue weighted by atomic mass is 16.7. The van der Waals surface area contributed by atoms with E-state index in [-0.39, 0.29) is 6.54 Å². The van der Waals surface area contributed by atoms with E-state index in [1.165, 1.54) is 6.26 Å². The molecule has 0 aromatic carbocycles. The second-order valence-corrected chi connectivity index (χ2v) is 2.97. The zero-order valence-corrected chi connectivity index (χ0v) is 7.45. The van der Waals surface area contributed by atoms with Gasteiger partial charge in [0.05, 0.1) is 19.8 Å². The van der Waals surface area contributed by atoms with Gasteiger partial charge in [-0.15, -0.1) is 0 Å². The summed E-state index contributed by atoms with van der Waals surface area (Å²) < 4.78 is 15.9.